The molecule has 3 aromatic rings. The molecule has 0 bridgehead atoms. The Kier molecular flexibility index (Phi) is 13.5. The van der Waals surface area contributed by atoms with E-state index in [1.165, 1.54) is 14.2 Å². The maximum atomic E-state index is 14.5. The van der Waals surface area contributed by atoms with Crippen molar-refractivity contribution >= 4 is 56.7 Å². The molecule has 5 aliphatic rings. The number of carbonyl (C=O) groups excluding carboxylic acids is 4. The van der Waals surface area contributed by atoms with Crippen molar-refractivity contribution in [3.05, 3.63) is 77.0 Å². The first-order valence-corrected chi connectivity index (χ1v) is 30.7. The monoisotopic (exact) mass is 938 g/mol. The predicted octanol–water partition coefficient (Wildman–Crippen LogP) is 8.43. The number of rotatable bonds is 19. The lowest BCUT2D eigenvalue weighted by molar-refractivity contribution is -0.123. The Balaban J connectivity index is 1.00. The van der Waals surface area contributed by atoms with Crippen LogP contribution in [0.2, 0.25) is 51.4 Å². The predicted molar refractivity (Wildman–Crippen MR) is 259 cm³/mol. The van der Waals surface area contributed by atoms with Crippen LogP contribution in [0.25, 0.3) is 5.57 Å². The number of amides is 4. The third kappa shape index (κ3) is 10.1. The first kappa shape index (κ1) is 47.3. The number of benzene rings is 3. The molecule has 1 saturated heterocycles. The van der Waals surface area contributed by atoms with Crippen LogP contribution in [0.3, 0.4) is 0 Å². The Bertz CT molecular complexity index is 2390. The van der Waals surface area contributed by atoms with Gasteiger partial charge in [0.05, 0.1) is 49.9 Å². The van der Waals surface area contributed by atoms with Gasteiger partial charge in [-0.05, 0) is 67.0 Å². The van der Waals surface area contributed by atoms with E-state index in [1.807, 2.05) is 31.2 Å². The fraction of sp³-hybridized carbons (Fsp3) is 0.520. The summed E-state index contributed by atoms with van der Waals surface area (Å²) in [5.74, 6) is 0.599. The highest BCUT2D eigenvalue weighted by Crippen LogP contribution is 2.56. The topological polar surface area (TPSA) is 137 Å². The van der Waals surface area contributed by atoms with Gasteiger partial charge in [0, 0.05) is 67.1 Å². The smallest absolute Gasteiger partial charge is 0.260 e. The van der Waals surface area contributed by atoms with Crippen molar-refractivity contribution in [3.63, 3.8) is 0 Å². The van der Waals surface area contributed by atoms with Crippen LogP contribution in [0.5, 0.6) is 23.0 Å². The second kappa shape index (κ2) is 18.8. The molecule has 4 heterocycles. The summed E-state index contributed by atoms with van der Waals surface area (Å²) in [7, 11) is 0.245. The van der Waals surface area contributed by atoms with Crippen molar-refractivity contribution < 1.29 is 47.6 Å². The fourth-order valence-electron chi connectivity index (χ4n) is 9.09. The van der Waals surface area contributed by atoms with Crippen LogP contribution in [0.4, 0.5) is 11.4 Å². The molecule has 14 nitrogen and oxygen atoms in total. The summed E-state index contributed by atoms with van der Waals surface area (Å²) in [6.45, 7) is 17.7. The quantitative estimate of drug-likeness (QED) is 0.0851. The van der Waals surface area contributed by atoms with E-state index in [4.69, 9.17) is 28.4 Å². The summed E-state index contributed by atoms with van der Waals surface area (Å²) in [4.78, 5) is 63.9. The van der Waals surface area contributed by atoms with Gasteiger partial charge in [-0.1, -0.05) is 69.1 Å². The normalized spacial score (nSPS) is 19.9. The number of carbonyl (C=O) groups is 4. The first-order valence-electron chi connectivity index (χ1n) is 23.3. The van der Waals surface area contributed by atoms with Gasteiger partial charge < -0.3 is 38.2 Å². The fourth-order valence-corrected chi connectivity index (χ4v) is 10.6. The van der Waals surface area contributed by atoms with E-state index < -0.39 is 28.2 Å². The molecule has 0 N–H and O–H groups in total. The summed E-state index contributed by atoms with van der Waals surface area (Å²) >= 11 is 0. The minimum Gasteiger partial charge on any atom is -0.493 e. The number of aryl methyl sites for hydroxylation is 1. The maximum Gasteiger partial charge on any atom is 0.260 e. The molecule has 4 amide bonds. The Morgan fingerprint density at radius 3 is 1.67 bits per heavy atom. The molecule has 1 saturated carbocycles. The molecule has 1 aliphatic carbocycles. The second-order valence-corrected chi connectivity index (χ2v) is 32.2. The lowest BCUT2D eigenvalue weighted by Crippen LogP contribution is -2.45. The molecule has 0 radical (unpaired) electrons. The van der Waals surface area contributed by atoms with Crippen LogP contribution in [-0.2, 0) is 19.1 Å². The van der Waals surface area contributed by atoms with Crippen LogP contribution in [0.1, 0.15) is 63.9 Å². The number of hydrogen-bond donors (Lipinski definition) is 0. The van der Waals surface area contributed by atoms with Gasteiger partial charge in [-0.3, -0.25) is 29.0 Å². The Labute approximate surface area is 391 Å². The highest BCUT2D eigenvalue weighted by molar-refractivity contribution is 6.76. The van der Waals surface area contributed by atoms with Crippen LogP contribution in [0.15, 0.2) is 54.7 Å². The Morgan fingerprint density at radius 1 is 0.652 bits per heavy atom. The molecule has 354 valence electrons. The van der Waals surface area contributed by atoms with Crippen LogP contribution < -0.4 is 28.7 Å². The van der Waals surface area contributed by atoms with E-state index in [2.05, 4.69) is 39.3 Å². The molecule has 0 aromatic heterocycles. The highest BCUT2D eigenvalue weighted by atomic mass is 28.3. The van der Waals surface area contributed by atoms with Gasteiger partial charge in [0.2, 0.25) is 0 Å². The van der Waals surface area contributed by atoms with Crippen molar-refractivity contribution in [1.29, 1.82) is 0 Å². The third-order valence-electron chi connectivity index (χ3n) is 13.4. The molecule has 1 spiro atoms. The third-order valence-corrected chi connectivity index (χ3v) is 16.8. The van der Waals surface area contributed by atoms with Gasteiger partial charge in [-0.2, -0.15) is 0 Å². The van der Waals surface area contributed by atoms with Gasteiger partial charge in [0.25, 0.3) is 23.6 Å². The van der Waals surface area contributed by atoms with E-state index in [9.17, 15) is 19.2 Å². The van der Waals surface area contributed by atoms with E-state index >= 15 is 0 Å². The molecule has 66 heavy (non-hydrogen) atoms. The first-order chi connectivity index (χ1) is 31.4. The van der Waals surface area contributed by atoms with E-state index in [0.29, 0.717) is 84.5 Å². The summed E-state index contributed by atoms with van der Waals surface area (Å²) in [5.41, 5.74) is 4.57. The van der Waals surface area contributed by atoms with Gasteiger partial charge >= 0.3 is 0 Å². The highest BCUT2D eigenvalue weighted by Gasteiger charge is 2.57. The molecule has 2 atom stereocenters. The van der Waals surface area contributed by atoms with Crippen molar-refractivity contribution in [2.45, 2.75) is 102 Å². The molecular weight excluding hydrogens is 873 g/mol. The molecule has 2 fully saturated rings. The van der Waals surface area contributed by atoms with Gasteiger partial charge in [-0.25, -0.2) is 0 Å². The number of anilines is 2. The molecule has 8 rings (SSSR count). The number of fused-ring (bicyclic) bond motifs is 4. The van der Waals surface area contributed by atoms with Gasteiger partial charge in [0.15, 0.2) is 23.0 Å². The zero-order valence-electron chi connectivity index (χ0n) is 40.1. The largest absolute Gasteiger partial charge is 0.493 e. The van der Waals surface area contributed by atoms with Crippen molar-refractivity contribution in [2.24, 2.45) is 5.41 Å². The number of nitrogens with zero attached hydrogens (tertiary/aromatic N) is 4. The van der Waals surface area contributed by atoms with E-state index in [1.54, 1.807) is 50.1 Å². The van der Waals surface area contributed by atoms with Crippen molar-refractivity contribution in [2.75, 3.05) is 70.5 Å². The van der Waals surface area contributed by atoms with Crippen LogP contribution in [0, 0.1) is 12.3 Å². The zero-order chi connectivity index (χ0) is 47.1. The maximum absolute atomic E-state index is 14.5. The average Bonchev–Trinajstić information content (AvgIpc) is 3.74. The lowest BCUT2D eigenvalue weighted by atomic mass is 10.0. The Morgan fingerprint density at radius 2 is 1.17 bits per heavy atom. The Hall–Kier alpha value is -5.17. The van der Waals surface area contributed by atoms with Crippen molar-refractivity contribution in [1.82, 2.24) is 9.80 Å². The molecule has 16 heteroatoms. The summed E-state index contributed by atoms with van der Waals surface area (Å²) < 4.78 is 36.6. The minimum absolute atomic E-state index is 0.0191. The van der Waals surface area contributed by atoms with Crippen LogP contribution >= 0.6 is 0 Å². The summed E-state index contributed by atoms with van der Waals surface area (Å²) in [6.07, 6.45) is 5.31. The number of hydrogen-bond acceptors (Lipinski definition) is 10. The SMILES string of the molecule is COc1cc2c(cc1OCCCOc1cc3c(cc1OC)C(=O)N1CC4(CC4)C[C@H]1C(=O)N3COCC[Si](C)(C)C)N(COCC[Si](C)(C)C)C(=O)[C@@H]1CC(c3ccc(C)cc3)=CN1C2=O. The molecule has 4 aliphatic heterocycles. The summed E-state index contributed by atoms with van der Waals surface area (Å²) in [5, 5.41) is 0. The number of methoxy groups -OCH3 is 2. The zero-order valence-corrected chi connectivity index (χ0v) is 42.1. The van der Waals surface area contributed by atoms with Gasteiger partial charge in [0.1, 0.15) is 25.5 Å². The molecule has 3 aromatic carbocycles. The second-order valence-electron chi connectivity index (χ2n) is 20.9. The van der Waals surface area contributed by atoms with E-state index in [-0.39, 0.29) is 55.7 Å². The van der Waals surface area contributed by atoms with Crippen molar-refractivity contribution in [3.8, 4) is 23.0 Å². The lowest BCUT2D eigenvalue weighted by Gasteiger charge is -2.27. The average molecular weight is 939 g/mol. The molecular formula is C50H66N4O10Si2. The standard InChI is InChI=1S/C50H66N4O10Si2/c1-33-11-13-34(14-12-33)35-23-40-48(57)53(31-61-19-21-65(4,5)6)38-26-44(42(59-2)24-36(38)46(55)51(40)29-35)63-17-10-18-64-45-27-39-37(25-43(45)60-3)47(56)52-30-50(15-16-50)28-41(52)49(58)54(39)32-62-20-22-66(7,8)9/h11-14,24-27,29,40-41H,10,15-23,28,30-32H2,1-9H3/t40-,41-/m0/s1. The molecule has 0 unspecified atom stereocenters. The van der Waals surface area contributed by atoms with Crippen LogP contribution in [-0.4, -0.2) is 122 Å². The number of ether oxygens (including phenoxy) is 6. The van der Waals surface area contributed by atoms with Gasteiger partial charge in [-0.15, -0.1) is 0 Å². The van der Waals surface area contributed by atoms with E-state index in [0.717, 1.165) is 41.6 Å². The summed E-state index contributed by atoms with van der Waals surface area (Å²) in [6, 6.07) is 15.4. The minimum atomic E-state index is -1.42.